The smallest absolute Gasteiger partial charge is 0.348 e. The van der Waals surface area contributed by atoms with Crippen LogP contribution in [0.2, 0.25) is 5.02 Å². The Morgan fingerprint density at radius 1 is 1.43 bits per heavy atom. The molecule has 0 aliphatic heterocycles. The summed E-state index contributed by atoms with van der Waals surface area (Å²) < 4.78 is 37.9. The summed E-state index contributed by atoms with van der Waals surface area (Å²) in [7, 11) is 1.43. The van der Waals surface area contributed by atoms with E-state index in [2.05, 4.69) is 11.9 Å². The average molecular weight is 349 g/mol. The molecule has 1 N–H and O–H groups in total. The molecule has 0 aromatic heterocycles. The highest BCUT2D eigenvalue weighted by Crippen LogP contribution is 2.35. The van der Waals surface area contributed by atoms with Gasteiger partial charge in [-0.25, -0.2) is 0 Å². The molecule has 4 nitrogen and oxygen atoms in total. The molecular formula is C15H16ClF3N2O2. The SMILES string of the molecule is C=CC(=O)N(C)CC(=O)NC(C)c1ccc(C(F)(F)F)c(Cl)c1. The van der Waals surface area contributed by atoms with Crippen LogP contribution in [0.5, 0.6) is 0 Å². The van der Waals surface area contributed by atoms with Gasteiger partial charge in [-0.15, -0.1) is 0 Å². The average Bonchev–Trinajstić information content (AvgIpc) is 2.44. The standard InChI is InChI=1S/C15H16ClF3N2O2/c1-4-14(23)21(3)8-13(22)20-9(2)10-5-6-11(12(16)7-10)15(17,18)19/h4-7,9H,1,8H2,2-3H3,(H,20,22). The van der Waals surface area contributed by atoms with Crippen LogP contribution in [0, 0.1) is 0 Å². The van der Waals surface area contributed by atoms with Crippen molar-refractivity contribution in [1.29, 1.82) is 0 Å². The van der Waals surface area contributed by atoms with E-state index in [0.717, 1.165) is 23.1 Å². The molecule has 0 spiro atoms. The number of halogens is 4. The van der Waals surface area contributed by atoms with Gasteiger partial charge in [-0.3, -0.25) is 9.59 Å². The summed E-state index contributed by atoms with van der Waals surface area (Å²) in [5.41, 5.74) is -0.508. The van der Waals surface area contributed by atoms with Crippen LogP contribution in [0.25, 0.3) is 0 Å². The van der Waals surface area contributed by atoms with Gasteiger partial charge in [0.15, 0.2) is 0 Å². The molecule has 0 radical (unpaired) electrons. The number of carbonyl (C=O) groups excluding carboxylic acids is 2. The third kappa shape index (κ3) is 5.28. The van der Waals surface area contributed by atoms with Gasteiger partial charge in [0, 0.05) is 7.05 Å². The van der Waals surface area contributed by atoms with Gasteiger partial charge in [0.1, 0.15) is 0 Å². The number of alkyl halides is 3. The van der Waals surface area contributed by atoms with Crippen molar-refractivity contribution in [3.05, 3.63) is 47.0 Å². The summed E-state index contributed by atoms with van der Waals surface area (Å²) in [5, 5.41) is 2.15. The van der Waals surface area contributed by atoms with Crippen LogP contribution in [0.4, 0.5) is 13.2 Å². The number of rotatable bonds is 5. The Bertz CT molecular complexity index is 617. The van der Waals surface area contributed by atoms with Crippen LogP contribution in [0.1, 0.15) is 24.1 Å². The first kappa shape index (κ1) is 19.0. The molecule has 0 aliphatic carbocycles. The molecule has 0 aliphatic rings. The number of amides is 2. The van der Waals surface area contributed by atoms with E-state index in [1.54, 1.807) is 6.92 Å². The number of hydrogen-bond donors (Lipinski definition) is 1. The largest absolute Gasteiger partial charge is 0.417 e. The quantitative estimate of drug-likeness (QED) is 0.831. The van der Waals surface area contributed by atoms with E-state index in [4.69, 9.17) is 11.6 Å². The summed E-state index contributed by atoms with van der Waals surface area (Å²) in [4.78, 5) is 24.3. The number of hydrogen-bond acceptors (Lipinski definition) is 2. The topological polar surface area (TPSA) is 49.4 Å². The summed E-state index contributed by atoms with van der Waals surface area (Å²) in [6.45, 7) is 4.72. The van der Waals surface area contributed by atoms with E-state index in [9.17, 15) is 22.8 Å². The van der Waals surface area contributed by atoms with Gasteiger partial charge in [0.05, 0.1) is 23.2 Å². The predicted octanol–water partition coefficient (Wildman–Crippen LogP) is 3.18. The molecule has 1 unspecified atom stereocenters. The van der Waals surface area contributed by atoms with Crippen molar-refractivity contribution in [2.45, 2.75) is 19.1 Å². The lowest BCUT2D eigenvalue weighted by atomic mass is 10.1. The minimum atomic E-state index is -4.53. The molecule has 2 amide bonds. The zero-order chi connectivity index (χ0) is 17.8. The van der Waals surface area contributed by atoms with Crippen molar-refractivity contribution in [3.8, 4) is 0 Å². The number of carbonyl (C=O) groups is 2. The van der Waals surface area contributed by atoms with Crippen LogP contribution in [-0.2, 0) is 15.8 Å². The second-order valence-electron chi connectivity index (χ2n) is 4.92. The Kier molecular flexibility index (Phi) is 6.20. The molecule has 0 saturated heterocycles. The molecule has 0 bridgehead atoms. The van der Waals surface area contributed by atoms with E-state index < -0.39 is 34.6 Å². The minimum Gasteiger partial charge on any atom is -0.348 e. The molecule has 23 heavy (non-hydrogen) atoms. The van der Waals surface area contributed by atoms with Crippen molar-refractivity contribution >= 4 is 23.4 Å². The number of nitrogens with zero attached hydrogens (tertiary/aromatic N) is 1. The first-order chi connectivity index (χ1) is 10.6. The Balaban J connectivity index is 2.77. The van der Waals surface area contributed by atoms with Crippen molar-refractivity contribution in [1.82, 2.24) is 10.2 Å². The molecule has 1 aromatic rings. The fourth-order valence-electron chi connectivity index (χ4n) is 1.85. The lowest BCUT2D eigenvalue weighted by Crippen LogP contribution is -2.38. The van der Waals surface area contributed by atoms with Crippen LogP contribution < -0.4 is 5.32 Å². The van der Waals surface area contributed by atoms with Gasteiger partial charge < -0.3 is 10.2 Å². The fraction of sp³-hybridized carbons (Fsp3) is 0.333. The van der Waals surface area contributed by atoms with Crippen molar-refractivity contribution in [2.24, 2.45) is 0 Å². The molecule has 1 aromatic carbocycles. The highest BCUT2D eigenvalue weighted by molar-refractivity contribution is 6.31. The molecule has 0 fully saturated rings. The Labute approximate surface area is 136 Å². The minimum absolute atomic E-state index is 0.191. The molecule has 0 saturated carbocycles. The maximum atomic E-state index is 12.6. The van der Waals surface area contributed by atoms with Crippen LogP contribution in [0.15, 0.2) is 30.9 Å². The second-order valence-corrected chi connectivity index (χ2v) is 5.33. The van der Waals surface area contributed by atoms with Gasteiger partial charge in [-0.1, -0.05) is 24.2 Å². The van der Waals surface area contributed by atoms with Gasteiger partial charge in [-0.05, 0) is 30.7 Å². The summed E-state index contributed by atoms with van der Waals surface area (Å²) in [6.07, 6.45) is -3.46. The number of nitrogens with one attached hydrogen (secondary N) is 1. The third-order valence-corrected chi connectivity index (χ3v) is 3.42. The number of likely N-dealkylation sites (N-methyl/N-ethyl adjacent to an activating group) is 1. The highest BCUT2D eigenvalue weighted by atomic mass is 35.5. The molecule has 1 rings (SSSR count). The van der Waals surface area contributed by atoms with Crippen molar-refractivity contribution < 1.29 is 22.8 Å². The van der Waals surface area contributed by atoms with Gasteiger partial charge >= 0.3 is 6.18 Å². The second kappa shape index (κ2) is 7.50. The molecule has 1 atom stereocenters. The molecule has 126 valence electrons. The van der Waals surface area contributed by atoms with E-state index in [1.165, 1.54) is 13.1 Å². The summed E-state index contributed by atoms with van der Waals surface area (Å²) in [5.74, 6) is -0.864. The zero-order valence-corrected chi connectivity index (χ0v) is 13.3. The molecule has 0 heterocycles. The van der Waals surface area contributed by atoms with Gasteiger partial charge in [-0.2, -0.15) is 13.2 Å². The lowest BCUT2D eigenvalue weighted by Gasteiger charge is -2.19. The van der Waals surface area contributed by atoms with Crippen molar-refractivity contribution in [3.63, 3.8) is 0 Å². The summed E-state index contributed by atoms with van der Waals surface area (Å²) >= 11 is 5.64. The zero-order valence-electron chi connectivity index (χ0n) is 12.6. The normalized spacial score (nSPS) is 12.4. The fourth-order valence-corrected chi connectivity index (χ4v) is 2.15. The van der Waals surface area contributed by atoms with Crippen LogP contribution >= 0.6 is 11.6 Å². The van der Waals surface area contributed by atoms with Crippen LogP contribution in [0.3, 0.4) is 0 Å². The maximum absolute atomic E-state index is 12.6. The van der Waals surface area contributed by atoms with Crippen molar-refractivity contribution in [2.75, 3.05) is 13.6 Å². The summed E-state index contributed by atoms with van der Waals surface area (Å²) in [6, 6.07) is 2.72. The third-order valence-electron chi connectivity index (χ3n) is 3.11. The van der Waals surface area contributed by atoms with E-state index in [-0.39, 0.29) is 6.54 Å². The Morgan fingerprint density at radius 2 is 2.04 bits per heavy atom. The van der Waals surface area contributed by atoms with E-state index in [1.807, 2.05) is 0 Å². The first-order valence-corrected chi connectivity index (χ1v) is 6.97. The maximum Gasteiger partial charge on any atom is 0.417 e. The Hall–Kier alpha value is -2.02. The van der Waals surface area contributed by atoms with E-state index in [0.29, 0.717) is 5.56 Å². The first-order valence-electron chi connectivity index (χ1n) is 6.59. The Morgan fingerprint density at radius 3 is 2.52 bits per heavy atom. The molecule has 8 heteroatoms. The predicted molar refractivity (Wildman–Crippen MR) is 80.8 cm³/mol. The molecular weight excluding hydrogens is 333 g/mol. The van der Waals surface area contributed by atoms with Gasteiger partial charge in [0.25, 0.3) is 0 Å². The monoisotopic (exact) mass is 348 g/mol. The van der Waals surface area contributed by atoms with E-state index >= 15 is 0 Å². The van der Waals surface area contributed by atoms with Gasteiger partial charge in [0.2, 0.25) is 11.8 Å². The number of benzene rings is 1. The highest BCUT2D eigenvalue weighted by Gasteiger charge is 2.33. The van der Waals surface area contributed by atoms with Crippen LogP contribution in [-0.4, -0.2) is 30.3 Å². The lowest BCUT2D eigenvalue weighted by molar-refractivity contribution is -0.137.